The first-order valence-corrected chi connectivity index (χ1v) is 7.15. The van der Waals surface area contributed by atoms with E-state index in [4.69, 9.17) is 4.42 Å². The molecule has 1 heterocycles. The van der Waals surface area contributed by atoms with Crippen LogP contribution in [-0.4, -0.2) is 20.1 Å². The van der Waals surface area contributed by atoms with Crippen LogP contribution in [0.4, 0.5) is 13.2 Å². The Kier molecular flexibility index (Phi) is 4.35. The van der Waals surface area contributed by atoms with Crippen molar-refractivity contribution in [1.29, 1.82) is 0 Å². The Balaban J connectivity index is 2.17. The quantitative estimate of drug-likeness (QED) is 0.822. The topological polar surface area (TPSA) is 79.5 Å². The summed E-state index contributed by atoms with van der Waals surface area (Å²) in [6.07, 6.45) is -0.0228. The van der Waals surface area contributed by atoms with Crippen LogP contribution in [0.3, 0.4) is 0 Å². The highest BCUT2D eigenvalue weighted by atomic mass is 32.2. The monoisotopic (exact) mass is 321 g/mol. The second-order valence-electron chi connectivity index (χ2n) is 4.08. The fourth-order valence-electron chi connectivity index (χ4n) is 1.56. The molecule has 0 radical (unpaired) electrons. The van der Waals surface area contributed by atoms with Crippen LogP contribution in [0, 0.1) is 17.5 Å². The lowest BCUT2D eigenvalue weighted by Crippen LogP contribution is -2.29. The van der Waals surface area contributed by atoms with Crippen LogP contribution in [0.5, 0.6) is 0 Å². The third kappa shape index (κ3) is 3.43. The minimum absolute atomic E-state index is 0.100. The van der Waals surface area contributed by atoms with Crippen LogP contribution >= 0.6 is 0 Å². The Labute approximate surface area is 118 Å². The normalized spacial score (nSPS) is 13.3. The van der Waals surface area contributed by atoms with E-state index in [-0.39, 0.29) is 17.9 Å². The molecule has 1 atom stereocenters. The molecular weight excluding hydrogens is 311 g/mol. The average molecular weight is 321 g/mol. The summed E-state index contributed by atoms with van der Waals surface area (Å²) in [4.78, 5) is -1.05. The van der Waals surface area contributed by atoms with Crippen LogP contribution in [0.15, 0.2) is 39.8 Å². The number of halogens is 3. The van der Waals surface area contributed by atoms with Gasteiger partial charge < -0.3 is 9.52 Å². The first-order valence-electron chi connectivity index (χ1n) is 5.67. The summed E-state index contributed by atoms with van der Waals surface area (Å²) in [6.45, 7) is -0.520. The van der Waals surface area contributed by atoms with Gasteiger partial charge in [0, 0.05) is 12.6 Å². The molecule has 0 bridgehead atoms. The van der Waals surface area contributed by atoms with Crippen LogP contribution < -0.4 is 4.72 Å². The summed E-state index contributed by atoms with van der Waals surface area (Å²) >= 11 is 0. The molecule has 1 unspecified atom stereocenters. The third-order valence-electron chi connectivity index (χ3n) is 2.60. The van der Waals surface area contributed by atoms with Crippen LogP contribution in [0.2, 0.25) is 0 Å². The highest BCUT2D eigenvalue weighted by Crippen LogP contribution is 2.19. The lowest BCUT2D eigenvalue weighted by atomic mass is 10.3. The van der Waals surface area contributed by atoms with Crippen molar-refractivity contribution in [3.8, 4) is 0 Å². The molecule has 9 heteroatoms. The smallest absolute Gasteiger partial charge is 0.243 e. The molecule has 2 N–H and O–H groups in total. The first kappa shape index (κ1) is 15.5. The zero-order chi connectivity index (χ0) is 15.6. The van der Waals surface area contributed by atoms with Crippen LogP contribution in [-0.2, 0) is 10.0 Å². The highest BCUT2D eigenvalue weighted by molar-refractivity contribution is 7.89. The number of aliphatic hydroxyl groups is 1. The molecule has 114 valence electrons. The summed E-state index contributed by atoms with van der Waals surface area (Å²) in [5.74, 6) is -4.33. The van der Waals surface area contributed by atoms with Gasteiger partial charge in [0.25, 0.3) is 0 Å². The number of hydrogen-bond acceptors (Lipinski definition) is 4. The maximum Gasteiger partial charge on any atom is 0.243 e. The second-order valence-corrected chi connectivity index (χ2v) is 5.82. The van der Waals surface area contributed by atoms with E-state index >= 15 is 0 Å². The highest BCUT2D eigenvalue weighted by Gasteiger charge is 2.23. The lowest BCUT2D eigenvalue weighted by molar-refractivity contribution is 0.154. The Morgan fingerprint density at radius 1 is 1.19 bits per heavy atom. The van der Waals surface area contributed by atoms with Crippen LogP contribution in [0.1, 0.15) is 11.9 Å². The van der Waals surface area contributed by atoms with Crippen molar-refractivity contribution in [3.05, 3.63) is 53.7 Å². The van der Waals surface area contributed by atoms with E-state index in [9.17, 15) is 26.7 Å². The summed E-state index contributed by atoms with van der Waals surface area (Å²) in [6, 6.07) is 3.26. The Morgan fingerprint density at radius 2 is 1.86 bits per heavy atom. The van der Waals surface area contributed by atoms with Crippen molar-refractivity contribution in [3.63, 3.8) is 0 Å². The molecule has 0 saturated heterocycles. The number of rotatable bonds is 5. The predicted molar refractivity (Wildman–Crippen MR) is 65.2 cm³/mol. The fourth-order valence-corrected chi connectivity index (χ4v) is 2.67. The van der Waals surface area contributed by atoms with Gasteiger partial charge in [-0.25, -0.2) is 26.3 Å². The number of aliphatic hydroxyl groups excluding tert-OH is 1. The van der Waals surface area contributed by atoms with Crippen molar-refractivity contribution < 1.29 is 31.1 Å². The molecule has 0 aliphatic carbocycles. The molecule has 5 nitrogen and oxygen atoms in total. The summed E-state index contributed by atoms with van der Waals surface area (Å²) in [5.41, 5.74) is 0. The van der Waals surface area contributed by atoms with Gasteiger partial charge in [-0.2, -0.15) is 0 Å². The predicted octanol–water partition coefficient (Wildman–Crippen LogP) is 1.71. The SMILES string of the molecule is O=S(=O)(NCC(O)c1ccco1)c1cc(F)c(F)cc1F. The van der Waals surface area contributed by atoms with E-state index in [0.717, 1.165) is 0 Å². The van der Waals surface area contributed by atoms with Gasteiger partial charge >= 0.3 is 0 Å². The van der Waals surface area contributed by atoms with E-state index in [1.807, 2.05) is 4.72 Å². The molecule has 0 aliphatic heterocycles. The number of hydrogen-bond donors (Lipinski definition) is 2. The molecular formula is C12H10F3NO4S. The number of nitrogens with one attached hydrogen (secondary N) is 1. The molecule has 0 aliphatic rings. The minimum Gasteiger partial charge on any atom is -0.467 e. The first-order chi connectivity index (χ1) is 9.81. The van der Waals surface area contributed by atoms with Crippen molar-refractivity contribution in [2.75, 3.05) is 6.54 Å². The zero-order valence-electron chi connectivity index (χ0n) is 10.4. The maximum atomic E-state index is 13.4. The van der Waals surface area contributed by atoms with Gasteiger partial charge in [0.1, 0.15) is 22.6 Å². The van der Waals surface area contributed by atoms with Crippen LogP contribution in [0.25, 0.3) is 0 Å². The van der Waals surface area contributed by atoms with Crippen molar-refractivity contribution in [1.82, 2.24) is 4.72 Å². The van der Waals surface area contributed by atoms with E-state index < -0.39 is 45.0 Å². The molecule has 1 aromatic heterocycles. The number of benzene rings is 1. The Bertz CT molecular complexity index is 731. The van der Waals surface area contributed by atoms with E-state index in [2.05, 4.69) is 0 Å². The summed E-state index contributed by atoms with van der Waals surface area (Å²) in [7, 11) is -4.45. The van der Waals surface area contributed by atoms with Gasteiger partial charge in [0.15, 0.2) is 11.6 Å². The average Bonchev–Trinajstić information content (AvgIpc) is 2.94. The van der Waals surface area contributed by atoms with Crippen molar-refractivity contribution in [2.45, 2.75) is 11.0 Å². The van der Waals surface area contributed by atoms with E-state index in [1.54, 1.807) is 0 Å². The standard InChI is InChI=1S/C12H10F3NO4S/c13-7-4-9(15)12(5-8(7)14)21(18,19)16-6-10(17)11-2-1-3-20-11/h1-5,10,16-17H,6H2. The summed E-state index contributed by atoms with van der Waals surface area (Å²) < 4.78 is 69.6. The van der Waals surface area contributed by atoms with Gasteiger partial charge in [0.2, 0.25) is 10.0 Å². The zero-order valence-corrected chi connectivity index (χ0v) is 11.2. The molecule has 0 spiro atoms. The maximum absolute atomic E-state index is 13.4. The lowest BCUT2D eigenvalue weighted by Gasteiger charge is -2.11. The van der Waals surface area contributed by atoms with Crippen molar-refractivity contribution in [2.24, 2.45) is 0 Å². The second kappa shape index (κ2) is 5.88. The number of furan rings is 1. The van der Waals surface area contributed by atoms with Gasteiger partial charge in [0.05, 0.1) is 6.26 Å². The molecule has 0 amide bonds. The molecule has 0 saturated carbocycles. The van der Waals surface area contributed by atoms with Gasteiger partial charge in [-0.1, -0.05) is 0 Å². The molecule has 2 aromatic rings. The molecule has 1 aromatic carbocycles. The van der Waals surface area contributed by atoms with Gasteiger partial charge in [-0.15, -0.1) is 0 Å². The number of sulfonamides is 1. The Morgan fingerprint density at radius 3 is 2.48 bits per heavy atom. The minimum atomic E-state index is -4.45. The third-order valence-corrected chi connectivity index (χ3v) is 4.04. The largest absolute Gasteiger partial charge is 0.467 e. The fraction of sp³-hybridized carbons (Fsp3) is 0.167. The Hall–Kier alpha value is -1.84. The molecule has 21 heavy (non-hydrogen) atoms. The van der Waals surface area contributed by atoms with Crippen molar-refractivity contribution >= 4 is 10.0 Å². The van der Waals surface area contributed by atoms with Gasteiger partial charge in [-0.3, -0.25) is 0 Å². The molecule has 0 fully saturated rings. The van der Waals surface area contributed by atoms with E-state index in [0.29, 0.717) is 0 Å². The van der Waals surface area contributed by atoms with Gasteiger partial charge in [-0.05, 0) is 18.2 Å². The van der Waals surface area contributed by atoms with E-state index in [1.165, 1.54) is 18.4 Å². The molecule has 2 rings (SSSR count). The summed E-state index contributed by atoms with van der Waals surface area (Å²) in [5, 5.41) is 9.64.